The van der Waals surface area contributed by atoms with Crippen molar-refractivity contribution in [1.82, 2.24) is 5.32 Å². The number of hydrogen-bond acceptors (Lipinski definition) is 4. The molecule has 0 spiro atoms. The molecule has 1 atom stereocenters. The molecule has 3 rings (SSSR count). The summed E-state index contributed by atoms with van der Waals surface area (Å²) in [5, 5.41) is 2.98. The van der Waals surface area contributed by atoms with Crippen molar-refractivity contribution in [3.05, 3.63) is 53.5 Å². The molecule has 1 aliphatic rings. The van der Waals surface area contributed by atoms with E-state index in [1.54, 1.807) is 18.0 Å². The lowest BCUT2D eigenvalue weighted by Gasteiger charge is -2.20. The van der Waals surface area contributed by atoms with Gasteiger partial charge in [0.15, 0.2) is 6.10 Å². The molecule has 26 heavy (non-hydrogen) atoms. The summed E-state index contributed by atoms with van der Waals surface area (Å²) in [6.07, 6.45) is 6.68. The second kappa shape index (κ2) is 9.72. The first-order valence-electron chi connectivity index (χ1n) is 9.42. The Bertz CT molecular complexity index is 699. The largest absolute Gasteiger partial charge is 0.481 e. The van der Waals surface area contributed by atoms with Crippen molar-refractivity contribution in [3.63, 3.8) is 0 Å². The average Bonchev–Trinajstić information content (AvgIpc) is 3.19. The topological polar surface area (TPSA) is 51.5 Å². The third kappa shape index (κ3) is 5.31. The van der Waals surface area contributed by atoms with Crippen molar-refractivity contribution >= 4 is 17.7 Å². The van der Waals surface area contributed by atoms with Crippen LogP contribution in [0.5, 0.6) is 5.75 Å². The molecule has 0 unspecified atom stereocenters. The molecule has 2 aromatic rings. The molecule has 0 saturated carbocycles. The summed E-state index contributed by atoms with van der Waals surface area (Å²) in [5.41, 5.74) is 2.80. The van der Waals surface area contributed by atoms with E-state index < -0.39 is 6.10 Å². The van der Waals surface area contributed by atoms with Gasteiger partial charge in [0.2, 0.25) is 0 Å². The fraction of sp³-hybridized carbons (Fsp3) is 0.476. The van der Waals surface area contributed by atoms with E-state index in [1.807, 2.05) is 25.1 Å². The highest BCUT2D eigenvalue weighted by Gasteiger charge is 2.19. The van der Waals surface area contributed by atoms with Gasteiger partial charge in [0, 0.05) is 12.3 Å². The van der Waals surface area contributed by atoms with Crippen molar-refractivity contribution in [1.29, 1.82) is 0 Å². The van der Waals surface area contributed by atoms with Crippen molar-refractivity contribution in [2.24, 2.45) is 0 Å². The number of rotatable bonds is 9. The molecule has 0 fully saturated rings. The van der Waals surface area contributed by atoms with Gasteiger partial charge in [-0.25, -0.2) is 0 Å². The zero-order chi connectivity index (χ0) is 18.2. The number of furan rings is 1. The summed E-state index contributed by atoms with van der Waals surface area (Å²) in [6.45, 7) is 2.61. The molecule has 0 radical (unpaired) electrons. The van der Waals surface area contributed by atoms with E-state index >= 15 is 0 Å². The second-order valence-electron chi connectivity index (χ2n) is 6.58. The van der Waals surface area contributed by atoms with Crippen LogP contribution in [0.1, 0.15) is 43.1 Å². The Morgan fingerprint density at radius 1 is 1.27 bits per heavy atom. The van der Waals surface area contributed by atoms with Gasteiger partial charge in [-0.15, -0.1) is 0 Å². The monoisotopic (exact) mass is 373 g/mol. The quantitative estimate of drug-likeness (QED) is 0.663. The third-order valence-corrected chi connectivity index (χ3v) is 5.61. The summed E-state index contributed by atoms with van der Waals surface area (Å²) in [6, 6.07) is 10.1. The molecule has 1 aromatic carbocycles. The maximum Gasteiger partial charge on any atom is 0.261 e. The number of benzene rings is 1. The fourth-order valence-corrected chi connectivity index (χ4v) is 3.95. The van der Waals surface area contributed by atoms with E-state index in [-0.39, 0.29) is 5.91 Å². The molecule has 1 heterocycles. The van der Waals surface area contributed by atoms with Gasteiger partial charge >= 0.3 is 0 Å². The standard InChI is InChI=1S/C21H27NO3S/c1-2-20(21(23)22-11-13-26-15-19-8-5-12-24-19)25-18-10-9-16-6-3-4-7-17(16)14-18/h5,8-10,12,14,20H,2-4,6-7,11,13,15H2,1H3,(H,22,23)/t20-/m0/s1. The van der Waals surface area contributed by atoms with Gasteiger partial charge in [-0.1, -0.05) is 13.0 Å². The van der Waals surface area contributed by atoms with Crippen LogP contribution in [0.3, 0.4) is 0 Å². The van der Waals surface area contributed by atoms with Crippen molar-refractivity contribution < 1.29 is 13.9 Å². The molecular formula is C21H27NO3S. The van der Waals surface area contributed by atoms with Crippen molar-refractivity contribution in [3.8, 4) is 5.75 Å². The SMILES string of the molecule is CC[C@H](Oc1ccc2c(c1)CCCC2)C(=O)NCCSCc1ccco1. The average molecular weight is 374 g/mol. The van der Waals surface area contributed by atoms with Crippen LogP contribution in [-0.2, 0) is 23.4 Å². The van der Waals surface area contributed by atoms with E-state index in [0.29, 0.717) is 13.0 Å². The van der Waals surface area contributed by atoms with Crippen LogP contribution in [0.25, 0.3) is 0 Å². The summed E-state index contributed by atoms with van der Waals surface area (Å²) >= 11 is 1.74. The second-order valence-corrected chi connectivity index (χ2v) is 7.68. The number of fused-ring (bicyclic) bond motifs is 1. The van der Waals surface area contributed by atoms with Crippen LogP contribution in [0.2, 0.25) is 0 Å². The molecule has 1 amide bonds. The first-order valence-corrected chi connectivity index (χ1v) is 10.6. The van der Waals surface area contributed by atoms with Crippen LogP contribution in [0.15, 0.2) is 41.0 Å². The molecule has 0 saturated heterocycles. The number of nitrogens with one attached hydrogen (secondary N) is 1. The van der Waals surface area contributed by atoms with Crippen LogP contribution in [0, 0.1) is 0 Å². The summed E-state index contributed by atoms with van der Waals surface area (Å²) in [5.74, 6) is 3.40. The zero-order valence-electron chi connectivity index (χ0n) is 15.3. The van der Waals surface area contributed by atoms with E-state index in [4.69, 9.17) is 9.15 Å². The van der Waals surface area contributed by atoms with E-state index in [0.717, 1.165) is 35.9 Å². The minimum atomic E-state index is -0.438. The van der Waals surface area contributed by atoms with Gasteiger partial charge in [-0.2, -0.15) is 11.8 Å². The molecule has 1 aromatic heterocycles. The molecule has 1 N–H and O–H groups in total. The number of hydrogen-bond donors (Lipinski definition) is 1. The Morgan fingerprint density at radius 2 is 2.12 bits per heavy atom. The van der Waals surface area contributed by atoms with Crippen molar-refractivity contribution in [2.75, 3.05) is 12.3 Å². The number of carbonyl (C=O) groups is 1. The summed E-state index contributed by atoms with van der Waals surface area (Å²) in [7, 11) is 0. The Kier molecular flexibility index (Phi) is 7.06. The fourth-order valence-electron chi connectivity index (χ4n) is 3.20. The number of thioether (sulfide) groups is 1. The first kappa shape index (κ1) is 18.9. The Balaban J connectivity index is 1.43. The Labute approximate surface area is 159 Å². The van der Waals surface area contributed by atoms with Gasteiger partial charge in [-0.3, -0.25) is 4.79 Å². The lowest BCUT2D eigenvalue weighted by Crippen LogP contribution is -2.39. The minimum Gasteiger partial charge on any atom is -0.481 e. The van der Waals surface area contributed by atoms with Gasteiger partial charge in [0.1, 0.15) is 11.5 Å². The van der Waals surface area contributed by atoms with E-state index in [1.165, 1.54) is 24.0 Å². The molecular weight excluding hydrogens is 346 g/mol. The van der Waals surface area contributed by atoms with Crippen LogP contribution in [-0.4, -0.2) is 24.3 Å². The highest BCUT2D eigenvalue weighted by atomic mass is 32.2. The number of ether oxygens (including phenoxy) is 1. The maximum atomic E-state index is 12.4. The number of aryl methyl sites for hydroxylation is 2. The highest BCUT2D eigenvalue weighted by molar-refractivity contribution is 7.98. The van der Waals surface area contributed by atoms with E-state index in [2.05, 4.69) is 17.4 Å². The molecule has 140 valence electrons. The normalized spacial score (nSPS) is 14.5. The van der Waals surface area contributed by atoms with Crippen molar-refractivity contribution in [2.45, 2.75) is 50.9 Å². The molecule has 0 bridgehead atoms. The molecule has 4 nitrogen and oxygen atoms in total. The summed E-state index contributed by atoms with van der Waals surface area (Å²) < 4.78 is 11.3. The molecule has 0 aliphatic heterocycles. The van der Waals surface area contributed by atoms with Gasteiger partial charge in [0.25, 0.3) is 5.91 Å². The zero-order valence-corrected chi connectivity index (χ0v) is 16.1. The predicted octanol–water partition coefficient (Wildman–Crippen LogP) is 4.37. The first-order chi connectivity index (χ1) is 12.8. The lowest BCUT2D eigenvalue weighted by molar-refractivity contribution is -0.127. The van der Waals surface area contributed by atoms with E-state index in [9.17, 15) is 4.79 Å². The van der Waals surface area contributed by atoms with Crippen LogP contribution < -0.4 is 10.1 Å². The minimum absolute atomic E-state index is 0.0381. The molecule has 5 heteroatoms. The predicted molar refractivity (Wildman–Crippen MR) is 106 cm³/mol. The Morgan fingerprint density at radius 3 is 2.88 bits per heavy atom. The highest BCUT2D eigenvalue weighted by Crippen LogP contribution is 2.26. The van der Waals surface area contributed by atoms with Crippen LogP contribution >= 0.6 is 11.8 Å². The summed E-state index contributed by atoms with van der Waals surface area (Å²) in [4.78, 5) is 12.4. The Hall–Kier alpha value is -1.88. The maximum absolute atomic E-state index is 12.4. The van der Waals surface area contributed by atoms with Gasteiger partial charge < -0.3 is 14.5 Å². The third-order valence-electron chi connectivity index (χ3n) is 4.63. The number of amides is 1. The lowest BCUT2D eigenvalue weighted by atomic mass is 9.92. The smallest absolute Gasteiger partial charge is 0.261 e. The van der Waals surface area contributed by atoms with Gasteiger partial charge in [-0.05, 0) is 67.5 Å². The van der Waals surface area contributed by atoms with Gasteiger partial charge in [0.05, 0.1) is 12.0 Å². The van der Waals surface area contributed by atoms with Crippen LogP contribution in [0.4, 0.5) is 0 Å². The molecule has 1 aliphatic carbocycles. The number of carbonyl (C=O) groups excluding carboxylic acids is 1.